The van der Waals surface area contributed by atoms with Gasteiger partial charge in [0.1, 0.15) is 0 Å². The van der Waals surface area contributed by atoms with E-state index in [0.29, 0.717) is 5.92 Å². The fourth-order valence-electron chi connectivity index (χ4n) is 2.94. The lowest BCUT2D eigenvalue weighted by Crippen LogP contribution is -2.33. The van der Waals surface area contributed by atoms with Crippen LogP contribution in [0.25, 0.3) is 0 Å². The predicted molar refractivity (Wildman–Crippen MR) is 79.9 cm³/mol. The van der Waals surface area contributed by atoms with E-state index in [1.807, 2.05) is 6.92 Å². The number of aromatic amines is 1. The number of hydrogen-bond acceptors (Lipinski definition) is 2. The number of piperidine rings is 1. The van der Waals surface area contributed by atoms with Crippen molar-refractivity contribution in [2.75, 3.05) is 26.2 Å². The van der Waals surface area contributed by atoms with Crippen LogP contribution in [0.3, 0.4) is 0 Å². The molecule has 3 heteroatoms. The van der Waals surface area contributed by atoms with Crippen LogP contribution in [-0.2, 0) is 0 Å². The monoisotopic (exact) mass is 264 g/mol. The molecule has 108 valence electrons. The maximum absolute atomic E-state index is 5.50. The number of hydrogen-bond donors (Lipinski definition) is 1. The zero-order valence-corrected chi connectivity index (χ0v) is 12.5. The van der Waals surface area contributed by atoms with Gasteiger partial charge in [-0.15, -0.1) is 0 Å². The number of rotatable bonds is 7. The summed E-state index contributed by atoms with van der Waals surface area (Å²) in [6, 6.07) is 2.18. The second-order valence-electron chi connectivity index (χ2n) is 5.55. The van der Waals surface area contributed by atoms with E-state index in [9.17, 15) is 0 Å². The van der Waals surface area contributed by atoms with Crippen molar-refractivity contribution < 1.29 is 4.74 Å². The molecule has 3 nitrogen and oxygen atoms in total. The highest BCUT2D eigenvalue weighted by Crippen LogP contribution is 2.30. The molecule has 1 aromatic heterocycles. The average molecular weight is 264 g/mol. The SMILES string of the molecule is CCCCCN1CCC(c2c[nH]c(OCC)c2)CC1. The molecule has 1 aliphatic rings. The van der Waals surface area contributed by atoms with Gasteiger partial charge < -0.3 is 14.6 Å². The highest BCUT2D eigenvalue weighted by molar-refractivity contribution is 5.25. The topological polar surface area (TPSA) is 28.3 Å². The van der Waals surface area contributed by atoms with Crippen LogP contribution in [0.2, 0.25) is 0 Å². The summed E-state index contributed by atoms with van der Waals surface area (Å²) < 4.78 is 5.50. The number of nitrogens with one attached hydrogen (secondary N) is 1. The molecule has 1 aromatic rings. The van der Waals surface area contributed by atoms with Crippen LogP contribution in [0.1, 0.15) is 57.4 Å². The highest BCUT2D eigenvalue weighted by atomic mass is 16.5. The number of likely N-dealkylation sites (tertiary alicyclic amines) is 1. The van der Waals surface area contributed by atoms with Crippen LogP contribution in [0.4, 0.5) is 0 Å². The van der Waals surface area contributed by atoms with Crippen LogP contribution in [0.5, 0.6) is 5.88 Å². The second kappa shape index (κ2) is 7.59. The highest BCUT2D eigenvalue weighted by Gasteiger charge is 2.21. The Hall–Kier alpha value is -0.960. The van der Waals surface area contributed by atoms with Gasteiger partial charge in [-0.1, -0.05) is 19.8 Å². The fraction of sp³-hybridized carbons (Fsp3) is 0.750. The molecule has 0 saturated carbocycles. The molecular weight excluding hydrogens is 236 g/mol. The summed E-state index contributed by atoms with van der Waals surface area (Å²) in [5, 5.41) is 0. The molecule has 0 unspecified atom stereocenters. The van der Waals surface area contributed by atoms with Crippen molar-refractivity contribution in [1.29, 1.82) is 0 Å². The summed E-state index contributed by atoms with van der Waals surface area (Å²) in [6.45, 7) is 8.82. The Morgan fingerprint density at radius 2 is 2.05 bits per heavy atom. The summed E-state index contributed by atoms with van der Waals surface area (Å²) >= 11 is 0. The Kier molecular flexibility index (Phi) is 5.77. The molecule has 1 N–H and O–H groups in total. The first-order chi connectivity index (χ1) is 9.33. The van der Waals surface area contributed by atoms with Gasteiger partial charge in [0.25, 0.3) is 0 Å². The first-order valence-corrected chi connectivity index (χ1v) is 7.87. The normalized spacial score (nSPS) is 17.8. The molecule has 1 saturated heterocycles. The molecular formula is C16H28N2O. The Balaban J connectivity index is 1.75. The smallest absolute Gasteiger partial charge is 0.190 e. The molecule has 0 bridgehead atoms. The van der Waals surface area contributed by atoms with Gasteiger partial charge in [0.2, 0.25) is 0 Å². The zero-order valence-electron chi connectivity index (χ0n) is 12.5. The van der Waals surface area contributed by atoms with Crippen LogP contribution >= 0.6 is 0 Å². The van der Waals surface area contributed by atoms with E-state index in [-0.39, 0.29) is 0 Å². The van der Waals surface area contributed by atoms with E-state index in [0.717, 1.165) is 12.5 Å². The van der Waals surface area contributed by atoms with E-state index in [1.165, 1.54) is 57.3 Å². The number of nitrogens with zero attached hydrogens (tertiary/aromatic N) is 1. The molecule has 1 aliphatic heterocycles. The van der Waals surface area contributed by atoms with Crippen LogP contribution in [-0.4, -0.2) is 36.1 Å². The van der Waals surface area contributed by atoms with E-state index >= 15 is 0 Å². The third-order valence-corrected chi connectivity index (χ3v) is 4.12. The molecule has 0 atom stereocenters. The van der Waals surface area contributed by atoms with Crippen LogP contribution < -0.4 is 4.74 Å². The third kappa shape index (κ3) is 4.27. The fourth-order valence-corrected chi connectivity index (χ4v) is 2.94. The van der Waals surface area contributed by atoms with Crippen LogP contribution in [0, 0.1) is 0 Å². The van der Waals surface area contributed by atoms with Gasteiger partial charge in [0.15, 0.2) is 5.88 Å². The number of H-pyrrole nitrogens is 1. The molecule has 0 aromatic carbocycles. The molecule has 2 rings (SSSR count). The molecule has 0 radical (unpaired) electrons. The minimum atomic E-state index is 0.716. The van der Waals surface area contributed by atoms with E-state index in [2.05, 4.69) is 29.1 Å². The quantitative estimate of drug-likeness (QED) is 0.759. The maximum atomic E-state index is 5.50. The minimum absolute atomic E-state index is 0.716. The lowest BCUT2D eigenvalue weighted by Gasteiger charge is -2.31. The first-order valence-electron chi connectivity index (χ1n) is 7.87. The minimum Gasteiger partial charge on any atom is -0.479 e. The van der Waals surface area contributed by atoms with Crippen molar-refractivity contribution in [2.24, 2.45) is 0 Å². The van der Waals surface area contributed by atoms with Crippen molar-refractivity contribution in [1.82, 2.24) is 9.88 Å². The Labute approximate surface area is 117 Å². The number of aromatic nitrogens is 1. The average Bonchev–Trinajstić information content (AvgIpc) is 2.89. The van der Waals surface area contributed by atoms with E-state index in [1.54, 1.807) is 0 Å². The number of unbranched alkanes of at least 4 members (excludes halogenated alkanes) is 2. The van der Waals surface area contributed by atoms with Gasteiger partial charge in [0, 0.05) is 12.3 Å². The van der Waals surface area contributed by atoms with Gasteiger partial charge >= 0.3 is 0 Å². The van der Waals surface area contributed by atoms with Crippen molar-refractivity contribution in [3.63, 3.8) is 0 Å². The van der Waals surface area contributed by atoms with Crippen molar-refractivity contribution >= 4 is 0 Å². The molecule has 19 heavy (non-hydrogen) atoms. The van der Waals surface area contributed by atoms with Crippen molar-refractivity contribution in [3.05, 3.63) is 17.8 Å². The summed E-state index contributed by atoms with van der Waals surface area (Å²) in [5.41, 5.74) is 1.43. The second-order valence-corrected chi connectivity index (χ2v) is 5.55. The summed E-state index contributed by atoms with van der Waals surface area (Å²) in [6.07, 6.45) is 8.75. The van der Waals surface area contributed by atoms with Crippen LogP contribution in [0.15, 0.2) is 12.3 Å². The largest absolute Gasteiger partial charge is 0.479 e. The van der Waals surface area contributed by atoms with Crippen molar-refractivity contribution in [2.45, 2.75) is 51.9 Å². The molecule has 0 amide bonds. The summed E-state index contributed by atoms with van der Waals surface area (Å²) in [5.74, 6) is 1.63. The first kappa shape index (κ1) is 14.4. The third-order valence-electron chi connectivity index (χ3n) is 4.12. The Bertz CT molecular complexity index is 353. The standard InChI is InChI=1S/C16H28N2O/c1-3-5-6-9-18-10-7-14(8-11-18)15-12-16(17-13-15)19-4-2/h12-14,17H,3-11H2,1-2H3. The molecule has 2 heterocycles. The van der Waals surface area contributed by atoms with E-state index in [4.69, 9.17) is 4.74 Å². The molecule has 0 spiro atoms. The van der Waals surface area contributed by atoms with Crippen molar-refractivity contribution in [3.8, 4) is 5.88 Å². The maximum Gasteiger partial charge on any atom is 0.190 e. The van der Waals surface area contributed by atoms with E-state index < -0.39 is 0 Å². The molecule has 0 aliphatic carbocycles. The lowest BCUT2D eigenvalue weighted by atomic mass is 9.91. The summed E-state index contributed by atoms with van der Waals surface area (Å²) in [4.78, 5) is 5.85. The van der Waals surface area contributed by atoms with Gasteiger partial charge in [-0.2, -0.15) is 0 Å². The molecule has 1 fully saturated rings. The summed E-state index contributed by atoms with van der Waals surface area (Å²) in [7, 11) is 0. The van der Waals surface area contributed by atoms with Gasteiger partial charge in [-0.3, -0.25) is 0 Å². The lowest BCUT2D eigenvalue weighted by molar-refractivity contribution is 0.208. The Morgan fingerprint density at radius 1 is 1.26 bits per heavy atom. The predicted octanol–water partition coefficient (Wildman–Crippen LogP) is 3.78. The Morgan fingerprint density at radius 3 is 2.74 bits per heavy atom. The number of ether oxygens (including phenoxy) is 1. The van der Waals surface area contributed by atoms with Gasteiger partial charge in [0.05, 0.1) is 6.61 Å². The zero-order chi connectivity index (χ0) is 13.5. The van der Waals surface area contributed by atoms with Gasteiger partial charge in [-0.05, 0) is 57.3 Å². The van der Waals surface area contributed by atoms with Gasteiger partial charge in [-0.25, -0.2) is 0 Å².